The maximum absolute atomic E-state index is 13.5. The Balaban J connectivity index is 1.69. The Bertz CT molecular complexity index is 1340. The number of carbonyl (C=O) groups excluding carboxylic acids is 1. The summed E-state index contributed by atoms with van der Waals surface area (Å²) < 4.78 is 50.8. The van der Waals surface area contributed by atoms with Gasteiger partial charge >= 0.3 is 12.1 Å². The number of carbonyl (C=O) groups is 1. The second kappa shape index (κ2) is 10.4. The summed E-state index contributed by atoms with van der Waals surface area (Å²) in [7, 11) is 0. The van der Waals surface area contributed by atoms with Crippen LogP contribution in [-0.2, 0) is 15.7 Å². The minimum Gasteiger partial charge on any atom is -0.482 e. The number of hydrogen-bond acceptors (Lipinski definition) is 6. The van der Waals surface area contributed by atoms with E-state index in [4.69, 9.17) is 9.47 Å². The molecule has 0 fully saturated rings. The van der Waals surface area contributed by atoms with Gasteiger partial charge in [0.15, 0.2) is 12.3 Å². The number of esters is 1. The van der Waals surface area contributed by atoms with Crippen LogP contribution in [0.25, 0.3) is 11.2 Å². The highest BCUT2D eigenvalue weighted by Gasteiger charge is 2.31. The van der Waals surface area contributed by atoms with Crippen LogP contribution in [0.1, 0.15) is 34.4 Å². The summed E-state index contributed by atoms with van der Waals surface area (Å²) in [5, 5.41) is -0.478. The van der Waals surface area contributed by atoms with Crippen LogP contribution < -0.4 is 4.74 Å². The average molecular weight is 502 g/mol. The van der Waals surface area contributed by atoms with E-state index in [0.29, 0.717) is 22.5 Å². The molecular formula is C25H22F3N3O3S. The van der Waals surface area contributed by atoms with Crippen molar-refractivity contribution in [3.8, 4) is 5.75 Å². The van der Waals surface area contributed by atoms with E-state index < -0.39 is 23.0 Å². The number of aromatic nitrogens is 3. The molecule has 4 aromatic rings. The number of fused-ring (bicyclic) bond motifs is 1. The monoisotopic (exact) mass is 501 g/mol. The van der Waals surface area contributed by atoms with E-state index in [0.717, 1.165) is 22.1 Å². The van der Waals surface area contributed by atoms with Crippen molar-refractivity contribution in [3.63, 3.8) is 0 Å². The molecule has 1 atom stereocenters. The first-order valence-corrected chi connectivity index (χ1v) is 11.6. The standard InChI is InChI=1S/C25H22F3N3O3S/c1-3-33-21(32)13-34-20-8-7-18(11-15(20)2)35-23(16-5-4-6-17(12-16)25(26,27)28)19-9-10-29-24-22(19)30-14-31-24/h4-12,14,23H,3,13H2,1-2H3,(H,29,30,31). The van der Waals surface area contributed by atoms with Gasteiger partial charge in [-0.05, 0) is 60.9 Å². The molecule has 0 aliphatic heterocycles. The third-order valence-electron chi connectivity index (χ3n) is 5.21. The highest BCUT2D eigenvalue weighted by molar-refractivity contribution is 7.99. The molecule has 35 heavy (non-hydrogen) atoms. The topological polar surface area (TPSA) is 77.1 Å². The van der Waals surface area contributed by atoms with E-state index in [1.807, 2.05) is 19.1 Å². The van der Waals surface area contributed by atoms with Crippen LogP contribution in [0.3, 0.4) is 0 Å². The van der Waals surface area contributed by atoms with Crippen LogP contribution >= 0.6 is 11.8 Å². The average Bonchev–Trinajstić information content (AvgIpc) is 3.31. The first-order valence-electron chi connectivity index (χ1n) is 10.8. The number of pyridine rings is 1. The summed E-state index contributed by atoms with van der Waals surface area (Å²) in [6, 6.07) is 12.5. The van der Waals surface area contributed by atoms with Gasteiger partial charge in [0, 0.05) is 11.1 Å². The number of nitrogens with zero attached hydrogens (tertiary/aromatic N) is 2. The molecular weight excluding hydrogens is 479 g/mol. The zero-order valence-electron chi connectivity index (χ0n) is 18.9. The van der Waals surface area contributed by atoms with E-state index in [-0.39, 0.29) is 13.2 Å². The van der Waals surface area contributed by atoms with E-state index in [2.05, 4.69) is 15.0 Å². The van der Waals surface area contributed by atoms with E-state index in [1.165, 1.54) is 30.2 Å². The van der Waals surface area contributed by atoms with Gasteiger partial charge < -0.3 is 14.5 Å². The molecule has 2 aromatic heterocycles. The number of hydrogen-bond donors (Lipinski definition) is 1. The molecule has 0 aliphatic carbocycles. The first kappa shape index (κ1) is 24.6. The largest absolute Gasteiger partial charge is 0.482 e. The minimum absolute atomic E-state index is 0.206. The normalized spacial score (nSPS) is 12.5. The number of rotatable bonds is 8. The molecule has 2 aromatic carbocycles. The zero-order chi connectivity index (χ0) is 25.0. The van der Waals surface area contributed by atoms with Gasteiger partial charge in [0.25, 0.3) is 0 Å². The van der Waals surface area contributed by atoms with Gasteiger partial charge in [0.05, 0.1) is 29.3 Å². The van der Waals surface area contributed by atoms with E-state index in [1.54, 1.807) is 31.3 Å². The molecule has 10 heteroatoms. The summed E-state index contributed by atoms with van der Waals surface area (Å²) in [5.41, 5.74) is 2.47. The Kier molecular flexibility index (Phi) is 7.30. The lowest BCUT2D eigenvalue weighted by molar-refractivity contribution is -0.145. The maximum atomic E-state index is 13.5. The van der Waals surface area contributed by atoms with Crippen molar-refractivity contribution in [2.45, 2.75) is 30.2 Å². The van der Waals surface area contributed by atoms with Gasteiger partial charge in [0.2, 0.25) is 0 Å². The maximum Gasteiger partial charge on any atom is 0.416 e. The van der Waals surface area contributed by atoms with Crippen LogP contribution in [0.5, 0.6) is 5.75 Å². The molecule has 1 N–H and O–H groups in total. The van der Waals surface area contributed by atoms with Gasteiger partial charge in [-0.2, -0.15) is 13.2 Å². The van der Waals surface area contributed by atoms with Gasteiger partial charge in [-0.3, -0.25) is 0 Å². The number of nitrogens with one attached hydrogen (secondary N) is 1. The van der Waals surface area contributed by atoms with Crippen LogP contribution in [-0.4, -0.2) is 34.1 Å². The Hall–Kier alpha value is -3.53. The summed E-state index contributed by atoms with van der Waals surface area (Å²) >= 11 is 1.40. The zero-order valence-corrected chi connectivity index (χ0v) is 19.7. The summed E-state index contributed by atoms with van der Waals surface area (Å²) in [5.74, 6) is 0.0640. The molecule has 4 rings (SSSR count). The quantitative estimate of drug-likeness (QED) is 0.232. The number of H-pyrrole nitrogens is 1. The number of alkyl halides is 3. The number of benzene rings is 2. The van der Waals surface area contributed by atoms with Crippen molar-refractivity contribution < 1.29 is 27.4 Å². The molecule has 0 saturated carbocycles. The second-order valence-corrected chi connectivity index (χ2v) is 8.82. The Morgan fingerprint density at radius 2 is 1.97 bits per heavy atom. The molecule has 182 valence electrons. The molecule has 1 unspecified atom stereocenters. The van der Waals surface area contributed by atoms with Gasteiger partial charge in [-0.1, -0.05) is 18.2 Å². The fraction of sp³-hybridized carbons (Fsp3) is 0.240. The van der Waals surface area contributed by atoms with Crippen LogP contribution in [0, 0.1) is 6.92 Å². The van der Waals surface area contributed by atoms with E-state index >= 15 is 0 Å². The lowest BCUT2D eigenvalue weighted by Gasteiger charge is -2.20. The van der Waals surface area contributed by atoms with Crippen molar-refractivity contribution in [2.75, 3.05) is 13.2 Å². The Labute approximate surface area is 203 Å². The fourth-order valence-corrected chi connectivity index (χ4v) is 4.88. The molecule has 2 heterocycles. The third kappa shape index (κ3) is 5.76. The fourth-order valence-electron chi connectivity index (χ4n) is 3.61. The van der Waals surface area contributed by atoms with Gasteiger partial charge in [-0.25, -0.2) is 14.8 Å². The van der Waals surface area contributed by atoms with Crippen molar-refractivity contribution >= 4 is 28.9 Å². The first-order chi connectivity index (χ1) is 16.8. The smallest absolute Gasteiger partial charge is 0.416 e. The lowest BCUT2D eigenvalue weighted by Crippen LogP contribution is -2.14. The number of imidazole rings is 1. The number of ether oxygens (including phenoxy) is 2. The van der Waals surface area contributed by atoms with Crippen LogP contribution in [0.4, 0.5) is 13.2 Å². The van der Waals surface area contributed by atoms with Crippen molar-refractivity contribution in [2.24, 2.45) is 0 Å². The molecule has 0 amide bonds. The second-order valence-electron chi connectivity index (χ2n) is 7.64. The Morgan fingerprint density at radius 1 is 1.14 bits per heavy atom. The summed E-state index contributed by atoms with van der Waals surface area (Å²) in [6.07, 6.45) is -1.35. The lowest BCUT2D eigenvalue weighted by atomic mass is 10.0. The van der Waals surface area contributed by atoms with Crippen molar-refractivity contribution in [3.05, 3.63) is 83.3 Å². The number of thioether (sulfide) groups is 1. The van der Waals surface area contributed by atoms with Crippen molar-refractivity contribution in [1.29, 1.82) is 0 Å². The Morgan fingerprint density at radius 3 is 2.71 bits per heavy atom. The predicted octanol–water partition coefficient (Wildman–Crippen LogP) is 6.11. The minimum atomic E-state index is -4.46. The van der Waals surface area contributed by atoms with Gasteiger partial charge in [0.1, 0.15) is 5.75 Å². The molecule has 0 radical (unpaired) electrons. The van der Waals surface area contributed by atoms with Crippen LogP contribution in [0.2, 0.25) is 0 Å². The molecule has 0 aliphatic rings. The van der Waals surface area contributed by atoms with E-state index in [9.17, 15) is 18.0 Å². The van der Waals surface area contributed by atoms with Crippen LogP contribution in [0.15, 0.2) is 66.0 Å². The highest BCUT2D eigenvalue weighted by atomic mass is 32.2. The van der Waals surface area contributed by atoms with Crippen molar-refractivity contribution in [1.82, 2.24) is 15.0 Å². The number of halogens is 3. The summed E-state index contributed by atoms with van der Waals surface area (Å²) in [6.45, 7) is 3.62. The molecule has 0 spiro atoms. The molecule has 6 nitrogen and oxygen atoms in total. The molecule has 0 bridgehead atoms. The van der Waals surface area contributed by atoms with Gasteiger partial charge in [-0.15, -0.1) is 11.8 Å². The summed E-state index contributed by atoms with van der Waals surface area (Å²) in [4.78, 5) is 23.9. The highest BCUT2D eigenvalue weighted by Crippen LogP contribution is 2.44. The molecule has 0 saturated heterocycles. The number of aromatic amines is 1. The SMILES string of the molecule is CCOC(=O)COc1ccc(SC(c2cccc(C(F)(F)F)c2)c2ccnc3nc[nH]c23)cc1C. The third-order valence-corrected chi connectivity index (χ3v) is 6.50. The predicted molar refractivity (Wildman–Crippen MR) is 126 cm³/mol. The number of aryl methyl sites for hydroxylation is 1.